The number of hydrogen-bond donors (Lipinski definition) is 1. The number of rotatable bonds is 0. The molecule has 2 heteroatoms. The SMILES string of the molecule is CC1(C)C=C2C(=CC(=O)[C@@]2(C)O)[C@]2(C)C[C@@H]2C1. The summed E-state index contributed by atoms with van der Waals surface area (Å²) in [7, 11) is 0. The van der Waals surface area contributed by atoms with Crippen LogP contribution in [0.3, 0.4) is 0 Å². The largest absolute Gasteiger partial charge is 0.377 e. The summed E-state index contributed by atoms with van der Waals surface area (Å²) in [5, 5.41) is 10.4. The minimum atomic E-state index is -1.30. The molecule has 0 radical (unpaired) electrons. The van der Waals surface area contributed by atoms with E-state index in [-0.39, 0.29) is 16.6 Å². The first-order valence-electron chi connectivity index (χ1n) is 6.39. The Balaban J connectivity index is 2.19. The molecule has 3 aliphatic carbocycles. The molecule has 0 aromatic heterocycles. The summed E-state index contributed by atoms with van der Waals surface area (Å²) in [5.41, 5.74) is 0.878. The lowest BCUT2D eigenvalue weighted by atomic mass is 9.83. The maximum atomic E-state index is 11.9. The van der Waals surface area contributed by atoms with E-state index in [0.717, 1.165) is 24.0 Å². The van der Waals surface area contributed by atoms with Gasteiger partial charge in [0.05, 0.1) is 0 Å². The van der Waals surface area contributed by atoms with Crippen molar-refractivity contribution in [1.82, 2.24) is 0 Å². The van der Waals surface area contributed by atoms with Crippen LogP contribution in [0, 0.1) is 16.7 Å². The molecule has 3 atom stereocenters. The molecule has 0 saturated heterocycles. The topological polar surface area (TPSA) is 37.3 Å². The molecule has 1 N–H and O–H groups in total. The molecule has 0 heterocycles. The maximum Gasteiger partial charge on any atom is 0.191 e. The first-order valence-corrected chi connectivity index (χ1v) is 6.39. The van der Waals surface area contributed by atoms with Crippen LogP contribution in [0.15, 0.2) is 23.3 Å². The van der Waals surface area contributed by atoms with Gasteiger partial charge in [0.25, 0.3) is 0 Å². The molecule has 3 aliphatic rings. The van der Waals surface area contributed by atoms with Crippen molar-refractivity contribution < 1.29 is 9.90 Å². The van der Waals surface area contributed by atoms with Crippen LogP contribution >= 0.6 is 0 Å². The lowest BCUT2D eigenvalue weighted by Crippen LogP contribution is -2.33. The maximum absolute atomic E-state index is 11.9. The van der Waals surface area contributed by atoms with Crippen molar-refractivity contribution in [2.75, 3.05) is 0 Å². The number of allylic oxidation sites excluding steroid dienone is 1. The molecule has 0 bridgehead atoms. The van der Waals surface area contributed by atoms with E-state index < -0.39 is 5.60 Å². The second-order valence-electron chi connectivity index (χ2n) is 7.06. The van der Waals surface area contributed by atoms with Crippen molar-refractivity contribution in [1.29, 1.82) is 0 Å². The van der Waals surface area contributed by atoms with Gasteiger partial charge in [-0.25, -0.2) is 0 Å². The summed E-state index contributed by atoms with van der Waals surface area (Å²) in [6.07, 6.45) is 6.12. The molecule has 92 valence electrons. The molecule has 3 rings (SSSR count). The zero-order chi connectivity index (χ0) is 12.6. The zero-order valence-electron chi connectivity index (χ0n) is 11.0. The van der Waals surface area contributed by atoms with Gasteiger partial charge < -0.3 is 5.11 Å². The molecule has 0 amide bonds. The molecule has 0 aromatic carbocycles. The Hall–Kier alpha value is -0.890. The molecule has 1 saturated carbocycles. The third-order valence-electron chi connectivity index (χ3n) is 4.90. The highest BCUT2D eigenvalue weighted by Crippen LogP contribution is 2.67. The highest BCUT2D eigenvalue weighted by Gasteiger charge is 2.60. The summed E-state index contributed by atoms with van der Waals surface area (Å²) >= 11 is 0. The van der Waals surface area contributed by atoms with Crippen molar-refractivity contribution >= 4 is 5.78 Å². The van der Waals surface area contributed by atoms with Crippen molar-refractivity contribution in [2.45, 2.75) is 46.1 Å². The molecule has 0 aromatic rings. The Morgan fingerprint density at radius 3 is 2.47 bits per heavy atom. The summed E-state index contributed by atoms with van der Waals surface area (Å²) < 4.78 is 0. The Morgan fingerprint density at radius 2 is 1.82 bits per heavy atom. The first kappa shape index (κ1) is 11.2. The number of aliphatic hydroxyl groups is 1. The molecule has 0 aliphatic heterocycles. The molecule has 0 unspecified atom stereocenters. The predicted octanol–water partition coefficient (Wildman–Crippen LogP) is 2.63. The summed E-state index contributed by atoms with van der Waals surface area (Å²) in [6, 6.07) is 0. The monoisotopic (exact) mass is 232 g/mol. The van der Waals surface area contributed by atoms with Crippen LogP contribution < -0.4 is 0 Å². The van der Waals surface area contributed by atoms with Crippen LogP contribution in [-0.2, 0) is 4.79 Å². The minimum Gasteiger partial charge on any atom is -0.377 e. The molecular weight excluding hydrogens is 212 g/mol. The van der Waals surface area contributed by atoms with Gasteiger partial charge in [-0.1, -0.05) is 26.8 Å². The van der Waals surface area contributed by atoms with Gasteiger partial charge in [-0.05, 0) is 53.7 Å². The molecular formula is C15H20O2. The average Bonchev–Trinajstić information content (AvgIpc) is 2.75. The molecule has 2 nitrogen and oxygen atoms in total. The standard InChI is InChI=1S/C15H20O2/c1-13(2)6-9-7-14(9,3)10-5-12(16)15(4,17)11(10)8-13/h5,8-9,17H,6-7H2,1-4H3/t9-,14+,15-/m0/s1. The van der Waals surface area contributed by atoms with Crippen molar-refractivity contribution in [3.05, 3.63) is 23.3 Å². The Labute approximate surface area is 102 Å². The van der Waals surface area contributed by atoms with Crippen LogP contribution in [0.5, 0.6) is 0 Å². The first-order chi connectivity index (χ1) is 7.67. The van der Waals surface area contributed by atoms with E-state index in [9.17, 15) is 9.90 Å². The zero-order valence-corrected chi connectivity index (χ0v) is 11.0. The van der Waals surface area contributed by atoms with Gasteiger partial charge in [-0.2, -0.15) is 0 Å². The number of carbonyl (C=O) groups is 1. The van der Waals surface area contributed by atoms with E-state index in [0.29, 0.717) is 5.92 Å². The van der Waals surface area contributed by atoms with Gasteiger partial charge >= 0.3 is 0 Å². The third-order valence-corrected chi connectivity index (χ3v) is 4.90. The van der Waals surface area contributed by atoms with E-state index in [1.807, 2.05) is 0 Å². The van der Waals surface area contributed by atoms with Gasteiger partial charge in [-0.15, -0.1) is 0 Å². The number of hydrogen-bond acceptors (Lipinski definition) is 2. The van der Waals surface area contributed by atoms with Crippen LogP contribution in [0.25, 0.3) is 0 Å². The van der Waals surface area contributed by atoms with E-state index in [4.69, 9.17) is 0 Å². The van der Waals surface area contributed by atoms with Crippen LogP contribution in [0.2, 0.25) is 0 Å². The van der Waals surface area contributed by atoms with Gasteiger partial charge in [0.15, 0.2) is 5.78 Å². The normalized spacial score (nSPS) is 46.6. The smallest absolute Gasteiger partial charge is 0.191 e. The minimum absolute atomic E-state index is 0.0714. The predicted molar refractivity (Wildman–Crippen MR) is 66.4 cm³/mol. The van der Waals surface area contributed by atoms with E-state index in [1.54, 1.807) is 13.0 Å². The molecule has 0 spiro atoms. The van der Waals surface area contributed by atoms with Crippen LogP contribution in [0.1, 0.15) is 40.5 Å². The molecule has 1 fully saturated rings. The van der Waals surface area contributed by atoms with Gasteiger partial charge in [-0.3, -0.25) is 4.79 Å². The Bertz CT molecular complexity index is 479. The third kappa shape index (κ3) is 1.33. The van der Waals surface area contributed by atoms with Crippen molar-refractivity contribution in [2.24, 2.45) is 16.7 Å². The number of ketones is 1. The average molecular weight is 232 g/mol. The van der Waals surface area contributed by atoms with E-state index >= 15 is 0 Å². The number of fused-ring (bicyclic) bond motifs is 3. The lowest BCUT2D eigenvalue weighted by molar-refractivity contribution is -0.126. The number of carbonyl (C=O) groups excluding carboxylic acids is 1. The highest BCUT2D eigenvalue weighted by molar-refractivity contribution is 6.05. The highest BCUT2D eigenvalue weighted by atomic mass is 16.3. The van der Waals surface area contributed by atoms with Gasteiger partial charge in [0, 0.05) is 0 Å². The second-order valence-corrected chi connectivity index (χ2v) is 7.06. The fraction of sp³-hybridized carbons (Fsp3) is 0.667. The summed E-state index contributed by atoms with van der Waals surface area (Å²) in [5.74, 6) is 0.516. The Kier molecular flexibility index (Phi) is 1.81. The van der Waals surface area contributed by atoms with Crippen LogP contribution in [-0.4, -0.2) is 16.5 Å². The van der Waals surface area contributed by atoms with E-state index in [1.165, 1.54) is 0 Å². The van der Waals surface area contributed by atoms with Crippen molar-refractivity contribution in [3.63, 3.8) is 0 Å². The van der Waals surface area contributed by atoms with Gasteiger partial charge in [0.2, 0.25) is 0 Å². The Morgan fingerprint density at radius 1 is 1.18 bits per heavy atom. The quantitative estimate of drug-likeness (QED) is 0.697. The van der Waals surface area contributed by atoms with Crippen LogP contribution in [0.4, 0.5) is 0 Å². The lowest BCUT2D eigenvalue weighted by Gasteiger charge is -2.25. The van der Waals surface area contributed by atoms with E-state index in [2.05, 4.69) is 26.8 Å². The fourth-order valence-corrected chi connectivity index (χ4v) is 3.60. The van der Waals surface area contributed by atoms with Crippen molar-refractivity contribution in [3.8, 4) is 0 Å². The second kappa shape index (κ2) is 2.74. The summed E-state index contributed by atoms with van der Waals surface area (Å²) in [6.45, 7) is 8.25. The fourth-order valence-electron chi connectivity index (χ4n) is 3.60. The molecule has 17 heavy (non-hydrogen) atoms. The summed E-state index contributed by atoms with van der Waals surface area (Å²) in [4.78, 5) is 11.9. The van der Waals surface area contributed by atoms with Gasteiger partial charge in [0.1, 0.15) is 5.60 Å².